The maximum atomic E-state index is 12.6. The number of nitrogen functional groups attached to an aromatic ring is 1. The lowest BCUT2D eigenvalue weighted by molar-refractivity contribution is 0.0951. The second-order valence-corrected chi connectivity index (χ2v) is 6.26. The molecule has 2 aromatic heterocycles. The molecule has 0 aliphatic carbocycles. The molecule has 0 fully saturated rings. The summed E-state index contributed by atoms with van der Waals surface area (Å²) in [5, 5.41) is 4.58. The molecule has 130 valence electrons. The molecule has 2 aromatic carbocycles. The van der Waals surface area contributed by atoms with E-state index in [0.717, 1.165) is 33.2 Å². The summed E-state index contributed by atoms with van der Waals surface area (Å²) in [6.07, 6.45) is 2.23. The summed E-state index contributed by atoms with van der Waals surface area (Å²) in [7, 11) is 0. The van der Waals surface area contributed by atoms with Crippen molar-refractivity contribution >= 4 is 33.4 Å². The number of hydrogen-bond donors (Lipinski definition) is 3. The summed E-state index contributed by atoms with van der Waals surface area (Å²) in [4.78, 5) is 24.7. The van der Waals surface area contributed by atoms with Crippen LogP contribution in [0.15, 0.2) is 48.7 Å². The fraction of sp³-hybridized carbons (Fsp3) is 0.150. The molecule has 0 unspecified atom stereocenters. The Morgan fingerprint density at radius 1 is 1.19 bits per heavy atom. The van der Waals surface area contributed by atoms with Crippen molar-refractivity contribution in [3.63, 3.8) is 0 Å². The summed E-state index contributed by atoms with van der Waals surface area (Å²) in [6.45, 7) is 2.42. The number of pyridine rings is 1. The number of para-hydroxylation sites is 2. The SMILES string of the molecule is Cc1ccc(N)c2ccnc(C(=O)NCCc3nc4ccccc4[nH]3)c12. The topological polar surface area (TPSA) is 96.7 Å². The number of aromatic amines is 1. The first kappa shape index (κ1) is 16.1. The van der Waals surface area contributed by atoms with E-state index in [1.807, 2.05) is 49.4 Å². The van der Waals surface area contributed by atoms with Crippen molar-refractivity contribution in [2.24, 2.45) is 0 Å². The molecular weight excluding hydrogens is 326 g/mol. The fourth-order valence-electron chi connectivity index (χ4n) is 3.16. The van der Waals surface area contributed by atoms with Gasteiger partial charge in [-0.2, -0.15) is 0 Å². The summed E-state index contributed by atoms with van der Waals surface area (Å²) in [5.41, 5.74) is 9.98. The summed E-state index contributed by atoms with van der Waals surface area (Å²) in [6, 6.07) is 13.5. The van der Waals surface area contributed by atoms with Gasteiger partial charge in [-0.25, -0.2) is 4.98 Å². The molecular formula is C20H19N5O. The Morgan fingerprint density at radius 2 is 2.04 bits per heavy atom. The van der Waals surface area contributed by atoms with Crippen LogP contribution in [0, 0.1) is 6.92 Å². The summed E-state index contributed by atoms with van der Waals surface area (Å²) in [5.74, 6) is 0.637. The highest BCUT2D eigenvalue weighted by molar-refractivity contribution is 6.09. The number of aryl methyl sites for hydroxylation is 1. The Morgan fingerprint density at radius 3 is 2.88 bits per heavy atom. The molecule has 1 amide bonds. The van der Waals surface area contributed by atoms with Crippen LogP contribution in [0.25, 0.3) is 21.8 Å². The van der Waals surface area contributed by atoms with E-state index in [1.54, 1.807) is 6.20 Å². The van der Waals surface area contributed by atoms with Crippen molar-refractivity contribution in [2.75, 3.05) is 12.3 Å². The minimum absolute atomic E-state index is 0.208. The molecule has 26 heavy (non-hydrogen) atoms. The third-order valence-corrected chi connectivity index (χ3v) is 4.47. The van der Waals surface area contributed by atoms with Crippen molar-refractivity contribution in [2.45, 2.75) is 13.3 Å². The number of benzene rings is 2. The van der Waals surface area contributed by atoms with Crippen molar-refractivity contribution in [3.05, 3.63) is 65.7 Å². The number of fused-ring (bicyclic) bond motifs is 2. The lowest BCUT2D eigenvalue weighted by Crippen LogP contribution is -2.27. The van der Waals surface area contributed by atoms with E-state index >= 15 is 0 Å². The Labute approximate surface area is 150 Å². The Kier molecular flexibility index (Phi) is 4.01. The van der Waals surface area contributed by atoms with Gasteiger partial charge in [-0.3, -0.25) is 9.78 Å². The van der Waals surface area contributed by atoms with Gasteiger partial charge in [0.15, 0.2) is 0 Å². The smallest absolute Gasteiger partial charge is 0.270 e. The zero-order chi connectivity index (χ0) is 18.1. The lowest BCUT2D eigenvalue weighted by atomic mass is 10.0. The minimum atomic E-state index is -0.208. The number of carbonyl (C=O) groups is 1. The van der Waals surface area contributed by atoms with Crippen LogP contribution in [0.4, 0.5) is 5.69 Å². The number of nitrogens with two attached hydrogens (primary N) is 1. The standard InChI is InChI=1S/C20H19N5O/c1-12-6-7-14(21)13-8-10-22-19(18(12)13)20(26)23-11-9-17-24-15-4-2-3-5-16(15)25-17/h2-8,10H,9,11,21H2,1H3,(H,23,26)(H,24,25). The molecule has 0 radical (unpaired) electrons. The number of rotatable bonds is 4. The van der Waals surface area contributed by atoms with Gasteiger partial charge in [-0.15, -0.1) is 0 Å². The van der Waals surface area contributed by atoms with Gasteiger partial charge in [-0.05, 0) is 36.8 Å². The van der Waals surface area contributed by atoms with Crippen LogP contribution in [0.3, 0.4) is 0 Å². The first-order valence-electron chi connectivity index (χ1n) is 8.49. The predicted octanol–water partition coefficient (Wildman–Crippen LogP) is 2.97. The second-order valence-electron chi connectivity index (χ2n) is 6.26. The Hall–Kier alpha value is -3.41. The minimum Gasteiger partial charge on any atom is -0.398 e. The maximum Gasteiger partial charge on any atom is 0.270 e. The number of anilines is 1. The van der Waals surface area contributed by atoms with E-state index in [4.69, 9.17) is 5.73 Å². The van der Waals surface area contributed by atoms with E-state index in [-0.39, 0.29) is 5.91 Å². The third-order valence-electron chi connectivity index (χ3n) is 4.47. The van der Waals surface area contributed by atoms with Crippen molar-refractivity contribution < 1.29 is 4.79 Å². The molecule has 0 spiro atoms. The second kappa shape index (κ2) is 6.48. The summed E-state index contributed by atoms with van der Waals surface area (Å²) < 4.78 is 0. The van der Waals surface area contributed by atoms with Crippen LogP contribution in [-0.4, -0.2) is 27.4 Å². The zero-order valence-corrected chi connectivity index (χ0v) is 14.4. The number of H-pyrrole nitrogens is 1. The van der Waals surface area contributed by atoms with Crippen LogP contribution in [-0.2, 0) is 6.42 Å². The first-order valence-corrected chi connectivity index (χ1v) is 8.49. The van der Waals surface area contributed by atoms with E-state index in [0.29, 0.717) is 24.3 Å². The molecule has 2 heterocycles. The van der Waals surface area contributed by atoms with Gasteiger partial charge in [0, 0.05) is 35.6 Å². The normalized spacial score (nSPS) is 11.1. The van der Waals surface area contributed by atoms with E-state index in [1.165, 1.54) is 0 Å². The Balaban J connectivity index is 1.52. The van der Waals surface area contributed by atoms with Crippen molar-refractivity contribution in [3.8, 4) is 0 Å². The number of amides is 1. The van der Waals surface area contributed by atoms with E-state index in [9.17, 15) is 4.79 Å². The fourth-order valence-corrected chi connectivity index (χ4v) is 3.16. The number of hydrogen-bond acceptors (Lipinski definition) is 4. The molecule has 0 bridgehead atoms. The van der Waals surface area contributed by atoms with Crippen molar-refractivity contribution in [1.29, 1.82) is 0 Å². The third kappa shape index (κ3) is 2.86. The van der Waals surface area contributed by atoms with Crippen LogP contribution in [0.1, 0.15) is 21.9 Å². The molecule has 6 heteroatoms. The van der Waals surface area contributed by atoms with Gasteiger partial charge < -0.3 is 16.0 Å². The number of nitrogens with zero attached hydrogens (tertiary/aromatic N) is 2. The molecule has 4 rings (SSSR count). The number of aromatic nitrogens is 3. The van der Waals surface area contributed by atoms with Gasteiger partial charge >= 0.3 is 0 Å². The van der Waals surface area contributed by atoms with Crippen LogP contribution in [0.5, 0.6) is 0 Å². The number of nitrogens with one attached hydrogen (secondary N) is 2. The van der Waals surface area contributed by atoms with Gasteiger partial charge in [0.2, 0.25) is 0 Å². The molecule has 0 aliphatic rings. The average Bonchev–Trinajstić information content (AvgIpc) is 3.07. The van der Waals surface area contributed by atoms with Crippen molar-refractivity contribution in [1.82, 2.24) is 20.3 Å². The van der Waals surface area contributed by atoms with Gasteiger partial charge in [-0.1, -0.05) is 18.2 Å². The monoisotopic (exact) mass is 345 g/mol. The van der Waals surface area contributed by atoms with Gasteiger partial charge in [0.1, 0.15) is 11.5 Å². The zero-order valence-electron chi connectivity index (χ0n) is 14.4. The quantitative estimate of drug-likeness (QED) is 0.495. The maximum absolute atomic E-state index is 12.6. The van der Waals surface area contributed by atoms with E-state index < -0.39 is 0 Å². The molecule has 0 saturated heterocycles. The number of imidazole rings is 1. The molecule has 6 nitrogen and oxygen atoms in total. The molecule has 0 aliphatic heterocycles. The highest BCUT2D eigenvalue weighted by atomic mass is 16.1. The molecule has 4 N–H and O–H groups in total. The molecule has 4 aromatic rings. The van der Waals surface area contributed by atoms with Crippen LogP contribution < -0.4 is 11.1 Å². The lowest BCUT2D eigenvalue weighted by Gasteiger charge is -2.10. The largest absolute Gasteiger partial charge is 0.398 e. The highest BCUT2D eigenvalue weighted by Crippen LogP contribution is 2.26. The van der Waals surface area contributed by atoms with Gasteiger partial charge in [0.05, 0.1) is 11.0 Å². The van der Waals surface area contributed by atoms with Crippen LogP contribution in [0.2, 0.25) is 0 Å². The highest BCUT2D eigenvalue weighted by Gasteiger charge is 2.14. The predicted molar refractivity (Wildman–Crippen MR) is 103 cm³/mol. The van der Waals surface area contributed by atoms with E-state index in [2.05, 4.69) is 20.3 Å². The molecule has 0 atom stereocenters. The Bertz CT molecular complexity index is 1080. The van der Waals surface area contributed by atoms with Crippen LogP contribution >= 0.6 is 0 Å². The van der Waals surface area contributed by atoms with Gasteiger partial charge in [0.25, 0.3) is 5.91 Å². The first-order chi connectivity index (χ1) is 12.6. The number of carbonyl (C=O) groups excluding carboxylic acids is 1. The molecule has 0 saturated carbocycles. The summed E-state index contributed by atoms with van der Waals surface area (Å²) >= 11 is 0. The average molecular weight is 345 g/mol.